The number of likely N-dealkylation sites (N-methyl/N-ethyl adjacent to an activating group) is 1. The first-order valence-electron chi connectivity index (χ1n) is 9.73. The van der Waals surface area contributed by atoms with Gasteiger partial charge in [0.15, 0.2) is 0 Å². The summed E-state index contributed by atoms with van der Waals surface area (Å²) in [6, 6.07) is 4.56. The average molecular weight is 358 g/mol. The molecule has 26 heavy (non-hydrogen) atoms. The molecule has 2 fully saturated rings. The van der Waals surface area contributed by atoms with E-state index in [0.717, 1.165) is 52.1 Å². The lowest BCUT2D eigenvalue weighted by atomic mass is 9.92. The van der Waals surface area contributed by atoms with Gasteiger partial charge in [0, 0.05) is 64.5 Å². The van der Waals surface area contributed by atoms with Gasteiger partial charge in [-0.25, -0.2) is 0 Å². The van der Waals surface area contributed by atoms with Gasteiger partial charge in [0.05, 0.1) is 0 Å². The molecular weight excluding hydrogens is 328 g/mol. The summed E-state index contributed by atoms with van der Waals surface area (Å²) in [6.45, 7) is 8.96. The number of nitrogens with zero attached hydrogens (tertiary/aromatic N) is 4. The number of pyridine rings is 1. The number of hydrogen-bond acceptors (Lipinski definition) is 4. The van der Waals surface area contributed by atoms with Crippen molar-refractivity contribution in [2.24, 2.45) is 5.92 Å². The molecule has 0 N–H and O–H groups in total. The fourth-order valence-electron chi connectivity index (χ4n) is 3.94. The summed E-state index contributed by atoms with van der Waals surface area (Å²) in [7, 11) is 0. The van der Waals surface area contributed by atoms with Crippen LogP contribution in [0.2, 0.25) is 0 Å². The maximum Gasteiger partial charge on any atom is 0.222 e. The Morgan fingerprint density at radius 1 is 1.15 bits per heavy atom. The molecule has 0 aliphatic carbocycles. The molecule has 0 saturated carbocycles. The average Bonchev–Trinajstić information content (AvgIpc) is 2.61. The van der Waals surface area contributed by atoms with Crippen molar-refractivity contribution in [3.05, 3.63) is 30.1 Å². The summed E-state index contributed by atoms with van der Waals surface area (Å²) in [6.07, 6.45) is 6.20. The monoisotopic (exact) mass is 358 g/mol. The van der Waals surface area contributed by atoms with Crippen molar-refractivity contribution in [3.8, 4) is 0 Å². The molecule has 1 aromatic rings. The Hall–Kier alpha value is -1.95. The fourth-order valence-corrected chi connectivity index (χ4v) is 3.94. The van der Waals surface area contributed by atoms with Gasteiger partial charge in [0.1, 0.15) is 0 Å². The van der Waals surface area contributed by atoms with Crippen LogP contribution in [0.25, 0.3) is 0 Å². The molecule has 3 rings (SSSR count). The molecule has 2 saturated heterocycles. The first kappa shape index (κ1) is 18.8. The minimum Gasteiger partial charge on any atom is -0.343 e. The van der Waals surface area contributed by atoms with Crippen molar-refractivity contribution in [1.29, 1.82) is 0 Å². The van der Waals surface area contributed by atoms with Crippen molar-refractivity contribution in [1.82, 2.24) is 19.7 Å². The number of amides is 2. The maximum atomic E-state index is 12.5. The summed E-state index contributed by atoms with van der Waals surface area (Å²) in [5, 5.41) is 0. The number of rotatable bonds is 6. The van der Waals surface area contributed by atoms with E-state index in [0.29, 0.717) is 18.4 Å². The maximum absolute atomic E-state index is 12.5. The molecule has 0 atom stereocenters. The zero-order chi connectivity index (χ0) is 18.5. The second-order valence-corrected chi connectivity index (χ2v) is 7.52. The first-order chi connectivity index (χ1) is 12.6. The van der Waals surface area contributed by atoms with E-state index in [4.69, 9.17) is 0 Å². The number of piperidine rings is 1. The van der Waals surface area contributed by atoms with Crippen LogP contribution < -0.4 is 0 Å². The van der Waals surface area contributed by atoms with Gasteiger partial charge in [-0.3, -0.25) is 19.5 Å². The molecule has 0 unspecified atom stereocenters. The topological polar surface area (TPSA) is 56.8 Å². The molecule has 0 aromatic carbocycles. The van der Waals surface area contributed by atoms with E-state index in [1.54, 1.807) is 6.92 Å². The standard InChI is InChI=1S/C20H30N4O2/c1-3-22(13-18-4-8-21-9-5-18)19-14-24(15-19)20(26)12-17-6-10-23(11-7-17)16(2)25/h4-5,8-9,17,19H,3,6-7,10-15H2,1-2H3. The third-order valence-corrected chi connectivity index (χ3v) is 5.80. The van der Waals surface area contributed by atoms with Crippen LogP contribution >= 0.6 is 0 Å². The highest BCUT2D eigenvalue weighted by Gasteiger charge is 2.35. The van der Waals surface area contributed by atoms with Gasteiger partial charge in [0.25, 0.3) is 0 Å². The number of carbonyl (C=O) groups is 2. The van der Waals surface area contributed by atoms with Gasteiger partial charge in [0.2, 0.25) is 11.8 Å². The molecule has 2 aliphatic heterocycles. The predicted molar refractivity (Wildman–Crippen MR) is 100 cm³/mol. The van der Waals surface area contributed by atoms with Gasteiger partial charge < -0.3 is 9.80 Å². The SMILES string of the molecule is CCN(Cc1ccncc1)C1CN(C(=O)CC2CCN(C(C)=O)CC2)C1. The van der Waals surface area contributed by atoms with Crippen LogP contribution in [0, 0.1) is 5.92 Å². The highest BCUT2D eigenvalue weighted by atomic mass is 16.2. The van der Waals surface area contributed by atoms with Gasteiger partial charge in [-0.1, -0.05) is 6.92 Å². The summed E-state index contributed by atoms with van der Waals surface area (Å²) >= 11 is 0. The van der Waals surface area contributed by atoms with E-state index in [1.165, 1.54) is 5.56 Å². The molecule has 2 aliphatic rings. The summed E-state index contributed by atoms with van der Waals surface area (Å²) in [5.74, 6) is 0.855. The molecule has 142 valence electrons. The van der Waals surface area contributed by atoms with E-state index < -0.39 is 0 Å². The molecule has 6 nitrogen and oxygen atoms in total. The minimum atomic E-state index is 0.147. The van der Waals surface area contributed by atoms with Crippen LogP contribution in [-0.4, -0.2) is 70.3 Å². The van der Waals surface area contributed by atoms with Crippen molar-refractivity contribution in [2.75, 3.05) is 32.7 Å². The Bertz CT molecular complexity index is 607. The quantitative estimate of drug-likeness (QED) is 0.778. The van der Waals surface area contributed by atoms with Crippen LogP contribution in [0.4, 0.5) is 0 Å². The third-order valence-electron chi connectivity index (χ3n) is 5.80. The smallest absolute Gasteiger partial charge is 0.222 e. The Labute approximate surface area is 156 Å². The summed E-state index contributed by atoms with van der Waals surface area (Å²) in [4.78, 5) is 34.3. The van der Waals surface area contributed by atoms with Crippen LogP contribution in [0.3, 0.4) is 0 Å². The van der Waals surface area contributed by atoms with Gasteiger partial charge in [-0.2, -0.15) is 0 Å². The number of hydrogen-bond donors (Lipinski definition) is 0. The minimum absolute atomic E-state index is 0.147. The van der Waals surface area contributed by atoms with Crippen LogP contribution in [0.5, 0.6) is 0 Å². The lowest BCUT2D eigenvalue weighted by Crippen LogP contribution is -2.61. The predicted octanol–water partition coefficient (Wildman–Crippen LogP) is 1.76. The number of carbonyl (C=O) groups excluding carboxylic acids is 2. The zero-order valence-electron chi connectivity index (χ0n) is 15.9. The first-order valence-corrected chi connectivity index (χ1v) is 9.73. The summed E-state index contributed by atoms with van der Waals surface area (Å²) < 4.78 is 0. The number of aromatic nitrogens is 1. The van der Waals surface area contributed by atoms with Gasteiger partial charge in [-0.05, 0) is 43.0 Å². The molecule has 6 heteroatoms. The van der Waals surface area contributed by atoms with Crippen LogP contribution in [0.15, 0.2) is 24.5 Å². The molecule has 0 spiro atoms. The molecule has 0 bridgehead atoms. The van der Waals surface area contributed by atoms with E-state index in [9.17, 15) is 9.59 Å². The van der Waals surface area contributed by atoms with Crippen molar-refractivity contribution < 1.29 is 9.59 Å². The lowest BCUT2D eigenvalue weighted by molar-refractivity contribution is -0.140. The van der Waals surface area contributed by atoms with Gasteiger partial charge >= 0.3 is 0 Å². The van der Waals surface area contributed by atoms with Crippen LogP contribution in [-0.2, 0) is 16.1 Å². The Morgan fingerprint density at radius 2 is 1.81 bits per heavy atom. The van der Waals surface area contributed by atoms with E-state index in [2.05, 4.69) is 28.9 Å². The van der Waals surface area contributed by atoms with Crippen molar-refractivity contribution in [3.63, 3.8) is 0 Å². The Kier molecular flexibility index (Phi) is 6.25. The molecule has 1 aromatic heterocycles. The molecule has 3 heterocycles. The second kappa shape index (κ2) is 8.62. The van der Waals surface area contributed by atoms with Crippen molar-refractivity contribution >= 4 is 11.8 Å². The highest BCUT2D eigenvalue weighted by molar-refractivity contribution is 5.77. The number of likely N-dealkylation sites (tertiary alicyclic amines) is 2. The lowest BCUT2D eigenvalue weighted by Gasteiger charge is -2.46. The van der Waals surface area contributed by atoms with E-state index in [-0.39, 0.29) is 11.8 Å². The molecule has 0 radical (unpaired) electrons. The highest BCUT2D eigenvalue weighted by Crippen LogP contribution is 2.24. The van der Waals surface area contributed by atoms with E-state index >= 15 is 0 Å². The third kappa shape index (κ3) is 4.61. The Balaban J connectivity index is 1.41. The second-order valence-electron chi connectivity index (χ2n) is 7.52. The molecule has 2 amide bonds. The van der Waals surface area contributed by atoms with Gasteiger partial charge in [-0.15, -0.1) is 0 Å². The fraction of sp³-hybridized carbons (Fsp3) is 0.650. The van der Waals surface area contributed by atoms with E-state index in [1.807, 2.05) is 22.2 Å². The molecular formula is C20H30N4O2. The Morgan fingerprint density at radius 3 is 2.38 bits per heavy atom. The largest absolute Gasteiger partial charge is 0.343 e. The van der Waals surface area contributed by atoms with Crippen LogP contribution in [0.1, 0.15) is 38.7 Å². The zero-order valence-corrected chi connectivity index (χ0v) is 15.9. The summed E-state index contributed by atoms with van der Waals surface area (Å²) in [5.41, 5.74) is 1.27. The normalized spacial score (nSPS) is 18.9. The van der Waals surface area contributed by atoms with Crippen molar-refractivity contribution in [2.45, 2.75) is 45.7 Å².